The molecule has 1 saturated carbocycles. The van der Waals surface area contributed by atoms with Crippen LogP contribution in [0.2, 0.25) is 0 Å². The van der Waals surface area contributed by atoms with Crippen molar-refractivity contribution in [3.8, 4) is 0 Å². The minimum absolute atomic E-state index is 1.05. The summed E-state index contributed by atoms with van der Waals surface area (Å²) in [7, 11) is 0. The lowest BCUT2D eigenvalue weighted by Gasteiger charge is -2.21. The van der Waals surface area contributed by atoms with Gasteiger partial charge in [0.05, 0.1) is 0 Å². The van der Waals surface area contributed by atoms with E-state index in [2.05, 4.69) is 5.32 Å². The van der Waals surface area contributed by atoms with Crippen LogP contribution in [0.15, 0.2) is 0 Å². The molecule has 2 fully saturated rings. The first-order valence-corrected chi connectivity index (χ1v) is 4.17. The average molecular weight is 125 g/mol. The van der Waals surface area contributed by atoms with Gasteiger partial charge in [-0.3, -0.25) is 0 Å². The van der Waals surface area contributed by atoms with Gasteiger partial charge in [-0.2, -0.15) is 0 Å². The van der Waals surface area contributed by atoms with Gasteiger partial charge in [-0.15, -0.1) is 0 Å². The van der Waals surface area contributed by atoms with Crippen LogP contribution in [0.25, 0.3) is 0 Å². The molecule has 0 aromatic carbocycles. The highest BCUT2D eigenvalue weighted by Gasteiger charge is 2.31. The highest BCUT2D eigenvalue weighted by Crippen LogP contribution is 2.39. The van der Waals surface area contributed by atoms with Gasteiger partial charge in [0, 0.05) is 0 Å². The van der Waals surface area contributed by atoms with E-state index in [1.807, 2.05) is 0 Å². The predicted molar refractivity (Wildman–Crippen MR) is 38.3 cm³/mol. The van der Waals surface area contributed by atoms with Crippen LogP contribution in [0.1, 0.15) is 25.7 Å². The van der Waals surface area contributed by atoms with E-state index in [4.69, 9.17) is 0 Å². The maximum absolute atomic E-state index is 3.46. The van der Waals surface area contributed by atoms with Crippen LogP contribution < -0.4 is 5.32 Å². The van der Waals surface area contributed by atoms with E-state index in [0.717, 1.165) is 11.8 Å². The molecule has 1 aliphatic heterocycles. The van der Waals surface area contributed by atoms with E-state index in [0.29, 0.717) is 0 Å². The third-order valence-electron chi connectivity index (χ3n) is 2.62. The Balaban J connectivity index is 1.80. The topological polar surface area (TPSA) is 12.0 Å². The molecule has 1 N–H and O–H groups in total. The summed E-state index contributed by atoms with van der Waals surface area (Å²) < 4.78 is 0. The van der Waals surface area contributed by atoms with E-state index in [1.165, 1.54) is 38.8 Å². The predicted octanol–water partition coefficient (Wildman–Crippen LogP) is 1.40. The van der Waals surface area contributed by atoms with Gasteiger partial charge in [0.15, 0.2) is 0 Å². The van der Waals surface area contributed by atoms with Crippen molar-refractivity contribution in [2.75, 3.05) is 13.1 Å². The van der Waals surface area contributed by atoms with Crippen molar-refractivity contribution in [3.05, 3.63) is 0 Å². The lowest BCUT2D eigenvalue weighted by molar-refractivity contribution is 0.341. The van der Waals surface area contributed by atoms with Crippen molar-refractivity contribution < 1.29 is 0 Å². The number of nitrogens with one attached hydrogen (secondary N) is 1. The van der Waals surface area contributed by atoms with Crippen LogP contribution >= 0.6 is 0 Å². The van der Waals surface area contributed by atoms with Crippen molar-refractivity contribution in [2.24, 2.45) is 11.8 Å². The van der Waals surface area contributed by atoms with Gasteiger partial charge >= 0.3 is 0 Å². The Morgan fingerprint density at radius 3 is 2.44 bits per heavy atom. The van der Waals surface area contributed by atoms with Crippen molar-refractivity contribution >= 4 is 0 Å². The van der Waals surface area contributed by atoms with Gasteiger partial charge in [0.25, 0.3) is 0 Å². The zero-order valence-electron chi connectivity index (χ0n) is 5.90. The van der Waals surface area contributed by atoms with E-state index in [9.17, 15) is 0 Å². The molecule has 0 amide bonds. The normalized spacial score (nSPS) is 36.7. The minimum atomic E-state index is 1.05. The van der Waals surface area contributed by atoms with Crippen LogP contribution in [0.5, 0.6) is 0 Å². The first-order chi connectivity index (χ1) is 4.47. The quantitative estimate of drug-likeness (QED) is 0.558. The van der Waals surface area contributed by atoms with Gasteiger partial charge in [-0.25, -0.2) is 0 Å². The highest BCUT2D eigenvalue weighted by atomic mass is 14.9. The fourth-order valence-electron chi connectivity index (χ4n) is 1.85. The zero-order chi connectivity index (χ0) is 6.10. The molecule has 1 heteroatoms. The lowest BCUT2D eigenvalue weighted by Crippen LogP contribution is -2.30. The van der Waals surface area contributed by atoms with Crippen molar-refractivity contribution in [3.63, 3.8) is 0 Å². The molecule has 52 valence electrons. The summed E-state index contributed by atoms with van der Waals surface area (Å²) in [6, 6.07) is 0. The van der Waals surface area contributed by atoms with Gasteiger partial charge in [0.2, 0.25) is 0 Å². The van der Waals surface area contributed by atoms with Crippen LogP contribution in [0, 0.1) is 11.8 Å². The summed E-state index contributed by atoms with van der Waals surface area (Å²) in [5, 5.41) is 3.46. The number of hydrogen-bond acceptors (Lipinski definition) is 1. The molecule has 1 aliphatic carbocycles. The van der Waals surface area contributed by atoms with E-state index < -0.39 is 0 Å². The summed E-state index contributed by atoms with van der Waals surface area (Å²) in [5.41, 5.74) is 0. The first kappa shape index (κ1) is 5.72. The van der Waals surface area contributed by atoms with E-state index in [1.54, 1.807) is 0 Å². The maximum atomic E-state index is 3.46. The molecule has 0 bridgehead atoms. The Morgan fingerprint density at radius 1 is 1.00 bits per heavy atom. The van der Waals surface area contributed by atoms with Crippen LogP contribution in [-0.4, -0.2) is 13.1 Å². The fraction of sp³-hybridized carbons (Fsp3) is 1.00. The highest BCUT2D eigenvalue weighted by molar-refractivity contribution is 4.84. The van der Waals surface area contributed by atoms with Gasteiger partial charge < -0.3 is 5.32 Å². The molecule has 1 unspecified atom stereocenters. The summed E-state index contributed by atoms with van der Waals surface area (Å²) in [6.45, 7) is 2.58. The molecule has 0 aromatic rings. The average Bonchev–Trinajstić information content (AvgIpc) is 2.71. The largest absolute Gasteiger partial charge is 0.316 e. The third-order valence-corrected chi connectivity index (χ3v) is 2.62. The van der Waals surface area contributed by atoms with E-state index >= 15 is 0 Å². The first-order valence-electron chi connectivity index (χ1n) is 4.17. The smallest absolute Gasteiger partial charge is 0.00179 e. The van der Waals surface area contributed by atoms with E-state index in [-0.39, 0.29) is 0 Å². The van der Waals surface area contributed by atoms with Gasteiger partial charge in [-0.05, 0) is 50.6 Å². The molecule has 0 radical (unpaired) electrons. The second kappa shape index (κ2) is 2.30. The molecule has 0 spiro atoms. The minimum Gasteiger partial charge on any atom is -0.316 e. The molecular formula is C8H15N. The molecule has 1 heterocycles. The summed E-state index contributed by atoms with van der Waals surface area (Å²) in [4.78, 5) is 0. The summed E-state index contributed by atoms with van der Waals surface area (Å²) in [5.74, 6) is 2.18. The number of hydrogen-bond donors (Lipinski definition) is 1. The molecule has 1 atom stereocenters. The Kier molecular flexibility index (Phi) is 1.46. The molecule has 9 heavy (non-hydrogen) atoms. The number of rotatable bonds is 1. The fourth-order valence-corrected chi connectivity index (χ4v) is 1.85. The second-order valence-corrected chi connectivity index (χ2v) is 3.44. The lowest BCUT2D eigenvalue weighted by atomic mass is 9.95. The third kappa shape index (κ3) is 1.26. The molecule has 2 rings (SSSR count). The molecular weight excluding hydrogens is 110 g/mol. The molecule has 1 saturated heterocycles. The zero-order valence-corrected chi connectivity index (χ0v) is 5.90. The Labute approximate surface area is 56.8 Å². The monoisotopic (exact) mass is 125 g/mol. The molecule has 2 aliphatic rings. The van der Waals surface area contributed by atoms with Crippen molar-refractivity contribution in [1.82, 2.24) is 5.32 Å². The Bertz CT molecular complexity index is 90.7. The Hall–Kier alpha value is -0.0400. The van der Waals surface area contributed by atoms with Crippen LogP contribution in [0.3, 0.4) is 0 Å². The van der Waals surface area contributed by atoms with Gasteiger partial charge in [-0.1, -0.05) is 0 Å². The number of piperidine rings is 1. The summed E-state index contributed by atoms with van der Waals surface area (Å²) >= 11 is 0. The SMILES string of the molecule is C1CNCC(C2CC2)C1. The van der Waals surface area contributed by atoms with Crippen LogP contribution in [0.4, 0.5) is 0 Å². The maximum Gasteiger partial charge on any atom is -0.00179 e. The van der Waals surface area contributed by atoms with Crippen LogP contribution in [-0.2, 0) is 0 Å². The standard InChI is InChI=1S/C8H15N/c1-2-8(6-9-5-1)7-3-4-7/h7-9H,1-6H2. The molecule has 1 nitrogen and oxygen atoms in total. The molecule has 0 aromatic heterocycles. The summed E-state index contributed by atoms with van der Waals surface area (Å²) in [6.07, 6.45) is 5.96. The van der Waals surface area contributed by atoms with Gasteiger partial charge in [0.1, 0.15) is 0 Å². The Morgan fingerprint density at radius 2 is 1.89 bits per heavy atom. The van der Waals surface area contributed by atoms with Crippen molar-refractivity contribution in [2.45, 2.75) is 25.7 Å². The van der Waals surface area contributed by atoms with Crippen molar-refractivity contribution in [1.29, 1.82) is 0 Å². The second-order valence-electron chi connectivity index (χ2n) is 3.44.